The van der Waals surface area contributed by atoms with Gasteiger partial charge in [0.1, 0.15) is 6.04 Å². The number of halogens is 3. The van der Waals surface area contributed by atoms with Gasteiger partial charge in [-0.2, -0.15) is 13.2 Å². The van der Waals surface area contributed by atoms with Gasteiger partial charge < -0.3 is 5.73 Å². The van der Waals surface area contributed by atoms with Gasteiger partial charge >= 0.3 is 6.18 Å². The summed E-state index contributed by atoms with van der Waals surface area (Å²) in [5, 5.41) is 0. The highest BCUT2D eigenvalue weighted by Crippen LogP contribution is 2.28. The molecule has 0 bridgehead atoms. The molecule has 88 valence electrons. The van der Waals surface area contributed by atoms with Crippen LogP contribution in [-0.2, 0) is 0 Å². The SMILES string of the molecule is CC1=CCN(C(C(C)N)C(F)(F)F)CC1. The second-order valence-corrected chi connectivity index (χ2v) is 4.14. The predicted octanol–water partition coefficient (Wildman–Crippen LogP) is 1.92. The van der Waals surface area contributed by atoms with Crippen molar-refractivity contribution in [2.24, 2.45) is 5.73 Å². The van der Waals surface area contributed by atoms with Gasteiger partial charge in [-0.25, -0.2) is 0 Å². The molecule has 0 radical (unpaired) electrons. The van der Waals surface area contributed by atoms with Gasteiger partial charge in [-0.05, 0) is 20.3 Å². The van der Waals surface area contributed by atoms with Crippen molar-refractivity contribution in [1.29, 1.82) is 0 Å². The summed E-state index contributed by atoms with van der Waals surface area (Å²) in [7, 11) is 0. The Hall–Kier alpha value is -0.550. The molecule has 2 unspecified atom stereocenters. The number of nitrogens with two attached hydrogens (primary N) is 1. The third-order valence-corrected chi connectivity index (χ3v) is 2.69. The van der Waals surface area contributed by atoms with E-state index in [9.17, 15) is 13.2 Å². The predicted molar refractivity (Wildman–Crippen MR) is 53.4 cm³/mol. The summed E-state index contributed by atoms with van der Waals surface area (Å²) < 4.78 is 38.1. The molecule has 0 amide bonds. The molecule has 1 aliphatic rings. The Morgan fingerprint density at radius 3 is 2.40 bits per heavy atom. The van der Waals surface area contributed by atoms with Crippen molar-refractivity contribution in [3.05, 3.63) is 11.6 Å². The lowest BCUT2D eigenvalue weighted by molar-refractivity contribution is -0.187. The summed E-state index contributed by atoms with van der Waals surface area (Å²) >= 11 is 0. The van der Waals surface area contributed by atoms with E-state index in [1.807, 2.05) is 13.0 Å². The van der Waals surface area contributed by atoms with Gasteiger partial charge in [0.05, 0.1) is 0 Å². The lowest BCUT2D eigenvalue weighted by Crippen LogP contribution is -2.55. The summed E-state index contributed by atoms with van der Waals surface area (Å²) in [5.41, 5.74) is 6.56. The van der Waals surface area contributed by atoms with Crippen LogP contribution in [0.5, 0.6) is 0 Å². The minimum atomic E-state index is -4.24. The first-order valence-corrected chi connectivity index (χ1v) is 5.04. The van der Waals surface area contributed by atoms with Crippen molar-refractivity contribution in [3.63, 3.8) is 0 Å². The van der Waals surface area contributed by atoms with Gasteiger partial charge in [0.15, 0.2) is 0 Å². The van der Waals surface area contributed by atoms with Gasteiger partial charge in [-0.3, -0.25) is 4.90 Å². The van der Waals surface area contributed by atoms with Gasteiger partial charge in [0.25, 0.3) is 0 Å². The molecule has 0 aromatic heterocycles. The van der Waals surface area contributed by atoms with Crippen molar-refractivity contribution in [2.45, 2.75) is 38.5 Å². The molecule has 0 spiro atoms. The number of rotatable bonds is 2. The molecule has 2 nitrogen and oxygen atoms in total. The Bertz CT molecular complexity index is 246. The fraction of sp³-hybridized carbons (Fsp3) is 0.800. The molecule has 0 saturated carbocycles. The Morgan fingerprint density at radius 2 is 2.07 bits per heavy atom. The van der Waals surface area contributed by atoms with Crippen LogP contribution in [0.15, 0.2) is 11.6 Å². The molecular formula is C10H17F3N2. The first kappa shape index (κ1) is 12.5. The van der Waals surface area contributed by atoms with E-state index in [-0.39, 0.29) is 0 Å². The van der Waals surface area contributed by atoms with Crippen molar-refractivity contribution < 1.29 is 13.2 Å². The van der Waals surface area contributed by atoms with Gasteiger partial charge in [0, 0.05) is 19.1 Å². The summed E-state index contributed by atoms with van der Waals surface area (Å²) in [6.45, 7) is 4.13. The Morgan fingerprint density at radius 1 is 1.47 bits per heavy atom. The molecule has 2 atom stereocenters. The maximum absolute atomic E-state index is 12.7. The van der Waals surface area contributed by atoms with Gasteiger partial charge in [0.2, 0.25) is 0 Å². The second kappa shape index (κ2) is 4.53. The van der Waals surface area contributed by atoms with E-state index < -0.39 is 18.3 Å². The zero-order valence-electron chi connectivity index (χ0n) is 9.01. The Balaban J connectivity index is 2.74. The van der Waals surface area contributed by atoms with E-state index in [1.165, 1.54) is 11.8 Å². The normalized spacial score (nSPS) is 23.5. The molecule has 0 aromatic carbocycles. The van der Waals surface area contributed by atoms with E-state index in [0.29, 0.717) is 19.5 Å². The number of nitrogens with zero attached hydrogens (tertiary/aromatic N) is 1. The summed E-state index contributed by atoms with van der Waals surface area (Å²) in [6.07, 6.45) is -1.71. The van der Waals surface area contributed by atoms with Crippen molar-refractivity contribution in [3.8, 4) is 0 Å². The van der Waals surface area contributed by atoms with Crippen molar-refractivity contribution >= 4 is 0 Å². The Kier molecular flexibility index (Phi) is 3.78. The molecule has 2 N–H and O–H groups in total. The topological polar surface area (TPSA) is 29.3 Å². The molecular weight excluding hydrogens is 205 g/mol. The fourth-order valence-electron chi connectivity index (χ4n) is 1.88. The lowest BCUT2D eigenvalue weighted by Gasteiger charge is -2.36. The van der Waals surface area contributed by atoms with E-state index >= 15 is 0 Å². The molecule has 0 aliphatic carbocycles. The fourth-order valence-corrected chi connectivity index (χ4v) is 1.88. The van der Waals surface area contributed by atoms with Crippen LogP contribution >= 0.6 is 0 Å². The molecule has 0 fully saturated rings. The quantitative estimate of drug-likeness (QED) is 0.723. The maximum Gasteiger partial charge on any atom is 0.405 e. The average molecular weight is 222 g/mol. The van der Waals surface area contributed by atoms with E-state index in [0.717, 1.165) is 5.57 Å². The molecule has 0 aromatic rings. The second-order valence-electron chi connectivity index (χ2n) is 4.14. The summed E-state index contributed by atoms with van der Waals surface area (Å²) in [6, 6.07) is -2.42. The van der Waals surface area contributed by atoms with Crippen LogP contribution < -0.4 is 5.73 Å². The molecule has 5 heteroatoms. The van der Waals surface area contributed by atoms with E-state index in [2.05, 4.69) is 0 Å². The molecule has 1 rings (SSSR count). The number of hydrogen-bond acceptors (Lipinski definition) is 2. The summed E-state index contributed by atoms with van der Waals surface area (Å²) in [5.74, 6) is 0. The highest BCUT2D eigenvalue weighted by molar-refractivity contribution is 5.05. The molecule has 0 saturated heterocycles. The summed E-state index contributed by atoms with van der Waals surface area (Å²) in [4.78, 5) is 1.40. The number of hydrogen-bond donors (Lipinski definition) is 1. The zero-order valence-corrected chi connectivity index (χ0v) is 9.01. The van der Waals surface area contributed by atoms with Crippen LogP contribution in [0.25, 0.3) is 0 Å². The third kappa shape index (κ3) is 3.21. The number of alkyl halides is 3. The van der Waals surface area contributed by atoms with Crippen LogP contribution in [0.4, 0.5) is 13.2 Å². The standard InChI is InChI=1S/C10H17F3N2/c1-7-3-5-15(6-4-7)9(8(2)14)10(11,12)13/h3,8-9H,4-6,14H2,1-2H3. The van der Waals surface area contributed by atoms with Crippen LogP contribution in [0.2, 0.25) is 0 Å². The third-order valence-electron chi connectivity index (χ3n) is 2.69. The van der Waals surface area contributed by atoms with Crippen LogP contribution in [0.1, 0.15) is 20.3 Å². The smallest absolute Gasteiger partial charge is 0.326 e. The molecule has 1 heterocycles. The first-order valence-electron chi connectivity index (χ1n) is 5.04. The Labute approximate surface area is 87.9 Å². The van der Waals surface area contributed by atoms with Gasteiger partial charge in [-0.15, -0.1) is 0 Å². The van der Waals surface area contributed by atoms with Crippen LogP contribution in [0, 0.1) is 0 Å². The highest BCUT2D eigenvalue weighted by Gasteiger charge is 2.45. The van der Waals surface area contributed by atoms with Crippen molar-refractivity contribution in [2.75, 3.05) is 13.1 Å². The largest absolute Gasteiger partial charge is 0.405 e. The monoisotopic (exact) mass is 222 g/mol. The average Bonchev–Trinajstić information content (AvgIpc) is 2.05. The van der Waals surface area contributed by atoms with Crippen LogP contribution in [-0.4, -0.2) is 36.2 Å². The first-order chi connectivity index (χ1) is 6.82. The van der Waals surface area contributed by atoms with E-state index in [4.69, 9.17) is 5.73 Å². The maximum atomic E-state index is 12.7. The minimum Gasteiger partial charge on any atom is -0.326 e. The molecule has 15 heavy (non-hydrogen) atoms. The van der Waals surface area contributed by atoms with Gasteiger partial charge in [-0.1, -0.05) is 11.6 Å². The van der Waals surface area contributed by atoms with Crippen molar-refractivity contribution in [1.82, 2.24) is 4.90 Å². The zero-order chi connectivity index (χ0) is 11.6. The lowest BCUT2D eigenvalue weighted by atomic mass is 10.0. The van der Waals surface area contributed by atoms with E-state index in [1.54, 1.807) is 0 Å². The van der Waals surface area contributed by atoms with Crippen LogP contribution in [0.3, 0.4) is 0 Å². The highest BCUT2D eigenvalue weighted by atomic mass is 19.4. The minimum absolute atomic E-state index is 0.345. The molecule has 1 aliphatic heterocycles.